The van der Waals surface area contributed by atoms with Crippen LogP contribution in [0, 0.1) is 13.8 Å². The van der Waals surface area contributed by atoms with Gasteiger partial charge in [-0.05, 0) is 68.0 Å². The Morgan fingerprint density at radius 1 is 1.06 bits per heavy atom. The molecular weight excluding hydrogens is 412 g/mol. The number of hydrogen-bond donors (Lipinski definition) is 1. The van der Waals surface area contributed by atoms with Crippen LogP contribution in [-0.2, 0) is 0 Å². The lowest BCUT2D eigenvalue weighted by atomic mass is 9.86. The Morgan fingerprint density at radius 3 is 2.68 bits per heavy atom. The van der Waals surface area contributed by atoms with Gasteiger partial charge in [-0.25, -0.2) is 0 Å². The minimum Gasteiger partial charge on any atom is -0.495 e. The molecule has 4 rings (SSSR count). The number of anilines is 1. The maximum Gasteiger partial charge on any atom is 0.139 e. The third-order valence-corrected chi connectivity index (χ3v) is 7.24. The predicted octanol–water partition coefficient (Wildman–Crippen LogP) is 4.75. The maximum atomic E-state index is 9.07. The molecule has 0 aliphatic carbocycles. The summed E-state index contributed by atoms with van der Waals surface area (Å²) in [6, 6.07) is 11.4. The molecule has 2 aromatic carbocycles. The van der Waals surface area contributed by atoms with E-state index in [4.69, 9.17) is 26.2 Å². The van der Waals surface area contributed by atoms with E-state index in [1.54, 1.807) is 7.11 Å². The van der Waals surface area contributed by atoms with Gasteiger partial charge in [-0.3, -0.25) is 4.90 Å². The molecule has 5 nitrogen and oxygen atoms in total. The van der Waals surface area contributed by atoms with Crippen molar-refractivity contribution < 1.29 is 14.6 Å². The van der Waals surface area contributed by atoms with E-state index in [0.29, 0.717) is 23.7 Å². The van der Waals surface area contributed by atoms with Crippen molar-refractivity contribution >= 4 is 17.3 Å². The van der Waals surface area contributed by atoms with Gasteiger partial charge in [0.25, 0.3) is 0 Å². The summed E-state index contributed by atoms with van der Waals surface area (Å²) in [4.78, 5) is 5.18. The Morgan fingerprint density at radius 2 is 1.90 bits per heavy atom. The lowest BCUT2D eigenvalue weighted by Gasteiger charge is -2.49. The zero-order chi connectivity index (χ0) is 22.0. The van der Waals surface area contributed by atoms with Gasteiger partial charge < -0.3 is 19.5 Å². The van der Waals surface area contributed by atoms with Crippen LogP contribution < -0.4 is 14.4 Å². The van der Waals surface area contributed by atoms with Crippen molar-refractivity contribution in [2.24, 2.45) is 0 Å². The van der Waals surface area contributed by atoms with Crippen LogP contribution in [0.25, 0.3) is 0 Å². The lowest BCUT2D eigenvalue weighted by molar-refractivity contribution is 0.0712. The number of aliphatic hydroxyl groups excluding tert-OH is 1. The summed E-state index contributed by atoms with van der Waals surface area (Å²) < 4.78 is 11.1. The van der Waals surface area contributed by atoms with E-state index in [0.717, 1.165) is 31.1 Å². The van der Waals surface area contributed by atoms with Gasteiger partial charge in [0.1, 0.15) is 18.1 Å². The molecule has 0 bridgehead atoms. The number of methoxy groups -OCH3 is 1. The van der Waals surface area contributed by atoms with Crippen LogP contribution in [0.2, 0.25) is 5.02 Å². The molecule has 2 aliphatic heterocycles. The molecule has 0 saturated carbocycles. The molecular formula is C25H33ClN2O3. The summed E-state index contributed by atoms with van der Waals surface area (Å²) in [6.07, 6.45) is 3.67. The van der Waals surface area contributed by atoms with Crippen molar-refractivity contribution in [3.63, 3.8) is 0 Å². The molecule has 1 N–H and O–H groups in total. The van der Waals surface area contributed by atoms with Gasteiger partial charge in [-0.2, -0.15) is 0 Å². The largest absolute Gasteiger partial charge is 0.495 e. The van der Waals surface area contributed by atoms with Crippen LogP contribution in [0.4, 0.5) is 5.69 Å². The first kappa shape index (κ1) is 22.3. The van der Waals surface area contributed by atoms with Crippen LogP contribution in [0.15, 0.2) is 30.3 Å². The number of piperidine rings is 1. The van der Waals surface area contributed by atoms with Crippen molar-refractivity contribution in [3.05, 3.63) is 52.0 Å². The van der Waals surface area contributed by atoms with E-state index < -0.39 is 0 Å². The van der Waals surface area contributed by atoms with Gasteiger partial charge in [0.2, 0.25) is 0 Å². The Balaban J connectivity index is 1.52. The molecule has 2 aliphatic rings. The van der Waals surface area contributed by atoms with Crippen LogP contribution in [0.5, 0.6) is 11.5 Å². The van der Waals surface area contributed by atoms with Crippen molar-refractivity contribution in [3.8, 4) is 11.5 Å². The molecule has 0 unspecified atom stereocenters. The minimum atomic E-state index is 0.0360. The number of aliphatic hydroxyl groups is 1. The second-order valence-electron chi connectivity index (χ2n) is 8.58. The highest BCUT2D eigenvalue weighted by Crippen LogP contribution is 2.40. The molecule has 2 atom stereocenters. The summed E-state index contributed by atoms with van der Waals surface area (Å²) in [5.74, 6) is 1.61. The Labute approximate surface area is 190 Å². The molecule has 31 heavy (non-hydrogen) atoms. The molecule has 2 aromatic rings. The zero-order valence-corrected chi connectivity index (χ0v) is 19.5. The molecule has 0 amide bonds. The third-order valence-electron chi connectivity index (χ3n) is 6.93. The number of halogens is 1. The highest BCUT2D eigenvalue weighted by molar-refractivity contribution is 6.32. The van der Waals surface area contributed by atoms with E-state index in [-0.39, 0.29) is 6.61 Å². The average Bonchev–Trinajstić information content (AvgIpc) is 2.80. The topological polar surface area (TPSA) is 45.2 Å². The first-order valence-electron chi connectivity index (χ1n) is 11.2. The summed E-state index contributed by atoms with van der Waals surface area (Å²) >= 11 is 6.23. The van der Waals surface area contributed by atoms with E-state index in [1.807, 2.05) is 6.07 Å². The zero-order valence-electron chi connectivity index (χ0n) is 18.7. The third kappa shape index (κ3) is 4.50. The predicted molar refractivity (Wildman–Crippen MR) is 126 cm³/mol. The average molecular weight is 445 g/mol. The highest BCUT2D eigenvalue weighted by atomic mass is 35.5. The first-order chi connectivity index (χ1) is 15.0. The summed E-state index contributed by atoms with van der Waals surface area (Å²) in [5.41, 5.74) is 5.09. The van der Waals surface area contributed by atoms with Gasteiger partial charge in [-0.1, -0.05) is 17.7 Å². The second-order valence-corrected chi connectivity index (χ2v) is 8.99. The Hall–Kier alpha value is -1.95. The maximum absolute atomic E-state index is 9.07. The van der Waals surface area contributed by atoms with Gasteiger partial charge >= 0.3 is 0 Å². The van der Waals surface area contributed by atoms with E-state index in [2.05, 4.69) is 47.9 Å². The van der Waals surface area contributed by atoms with Crippen LogP contribution in [0.3, 0.4) is 0 Å². The van der Waals surface area contributed by atoms with Crippen molar-refractivity contribution in [2.45, 2.75) is 45.2 Å². The minimum absolute atomic E-state index is 0.0360. The lowest BCUT2D eigenvalue weighted by Crippen LogP contribution is -2.56. The molecule has 2 fully saturated rings. The fourth-order valence-corrected chi connectivity index (χ4v) is 5.35. The summed E-state index contributed by atoms with van der Waals surface area (Å²) in [6.45, 7) is 7.76. The SMILES string of the molecule is COc1cc(N2CCN3[C@@H](CCC[C@@H]3c3ccc(OCCO)c(C)c3C)C2)ccc1Cl. The van der Waals surface area contributed by atoms with Gasteiger partial charge in [0.15, 0.2) is 0 Å². The first-order valence-corrected chi connectivity index (χ1v) is 11.6. The smallest absolute Gasteiger partial charge is 0.139 e. The fourth-order valence-electron chi connectivity index (χ4n) is 5.15. The quantitative estimate of drug-likeness (QED) is 0.696. The number of hydrogen-bond acceptors (Lipinski definition) is 5. The Kier molecular flexibility index (Phi) is 6.95. The van der Waals surface area contributed by atoms with Gasteiger partial charge in [0, 0.05) is 43.5 Å². The van der Waals surface area contributed by atoms with E-state index >= 15 is 0 Å². The van der Waals surface area contributed by atoms with Crippen molar-refractivity contribution in [1.82, 2.24) is 4.90 Å². The van der Waals surface area contributed by atoms with Crippen LogP contribution in [0.1, 0.15) is 42.0 Å². The van der Waals surface area contributed by atoms with E-state index in [9.17, 15) is 0 Å². The molecule has 6 heteroatoms. The molecule has 0 spiro atoms. The van der Waals surface area contributed by atoms with E-state index in [1.165, 1.54) is 41.6 Å². The van der Waals surface area contributed by atoms with Gasteiger partial charge in [-0.15, -0.1) is 0 Å². The molecule has 168 valence electrons. The molecule has 0 radical (unpaired) electrons. The van der Waals surface area contributed by atoms with Gasteiger partial charge in [0.05, 0.1) is 18.7 Å². The Bertz CT molecular complexity index is 920. The summed E-state index contributed by atoms with van der Waals surface area (Å²) in [7, 11) is 1.67. The number of rotatable bonds is 6. The van der Waals surface area contributed by atoms with Crippen LogP contribution in [-0.4, -0.2) is 56.0 Å². The summed E-state index contributed by atoms with van der Waals surface area (Å²) in [5, 5.41) is 9.73. The standard InChI is InChI=1S/C25H33ClN2O3/c1-17-18(2)24(31-14-13-29)10-8-21(17)23-6-4-5-20-16-27(11-12-28(20)23)19-7-9-22(26)25(15-19)30-3/h7-10,15,20,23,29H,4-6,11-14,16H2,1-3H3/t20-,23+/m0/s1. The number of ether oxygens (including phenoxy) is 2. The number of benzene rings is 2. The second kappa shape index (κ2) is 9.68. The molecule has 0 aromatic heterocycles. The normalized spacial score (nSPS) is 21.6. The fraction of sp³-hybridized carbons (Fsp3) is 0.520. The van der Waals surface area contributed by atoms with Crippen molar-refractivity contribution in [1.29, 1.82) is 0 Å². The monoisotopic (exact) mass is 444 g/mol. The van der Waals surface area contributed by atoms with Crippen molar-refractivity contribution in [2.75, 3.05) is 44.9 Å². The number of nitrogens with zero attached hydrogens (tertiary/aromatic N) is 2. The molecule has 2 saturated heterocycles. The van der Waals surface area contributed by atoms with Crippen LogP contribution >= 0.6 is 11.6 Å². The number of piperazine rings is 1. The number of fused-ring (bicyclic) bond motifs is 1. The highest BCUT2D eigenvalue weighted by Gasteiger charge is 2.36. The molecule has 2 heterocycles.